The Bertz CT molecular complexity index is 3090. The van der Waals surface area contributed by atoms with E-state index in [0.29, 0.717) is 0 Å². The van der Waals surface area contributed by atoms with Crippen molar-refractivity contribution in [2.75, 3.05) is 0 Å². The molecule has 0 spiro atoms. The van der Waals surface area contributed by atoms with Crippen LogP contribution in [-0.2, 0) is 0 Å². The summed E-state index contributed by atoms with van der Waals surface area (Å²) in [6, 6.07) is 70.4. The van der Waals surface area contributed by atoms with E-state index in [4.69, 9.17) is 0 Å². The van der Waals surface area contributed by atoms with Crippen molar-refractivity contribution in [1.29, 1.82) is 0 Å². The highest BCUT2D eigenvalue weighted by molar-refractivity contribution is 6.20. The van der Waals surface area contributed by atoms with Gasteiger partial charge in [0.1, 0.15) is 0 Å². The normalized spacial score (nSPS) is 11.8. The summed E-state index contributed by atoms with van der Waals surface area (Å²) in [6.07, 6.45) is 2.32. The summed E-state index contributed by atoms with van der Waals surface area (Å²) in [6.45, 7) is 0. The first-order valence-corrected chi connectivity index (χ1v) is 18.2. The Labute approximate surface area is 306 Å². The molecule has 0 aliphatic carbocycles. The van der Waals surface area contributed by atoms with E-state index in [-0.39, 0.29) is 0 Å². The van der Waals surface area contributed by atoms with E-state index < -0.39 is 0 Å². The molecule has 0 radical (unpaired) electrons. The van der Waals surface area contributed by atoms with E-state index in [1.165, 1.54) is 76.8 Å². The number of hydrogen-bond donors (Lipinski definition) is 0. The highest BCUT2D eigenvalue weighted by atomic mass is 15.0. The van der Waals surface area contributed by atoms with Crippen LogP contribution in [0.4, 0.5) is 0 Å². The molecule has 0 aliphatic heterocycles. The van der Waals surface area contributed by atoms with Crippen molar-refractivity contribution in [3.8, 4) is 39.3 Å². The number of benzene rings is 8. The molecule has 3 aromatic heterocycles. The summed E-state index contributed by atoms with van der Waals surface area (Å²) >= 11 is 0. The fourth-order valence-electron chi connectivity index (χ4n) is 8.52. The molecule has 11 aromatic rings. The fourth-order valence-corrected chi connectivity index (χ4v) is 8.52. The van der Waals surface area contributed by atoms with Crippen molar-refractivity contribution in [2.45, 2.75) is 0 Å². The zero-order valence-electron chi connectivity index (χ0n) is 28.9. The Kier molecular flexibility index (Phi) is 6.55. The van der Waals surface area contributed by atoms with Gasteiger partial charge < -0.3 is 13.7 Å². The van der Waals surface area contributed by atoms with Crippen LogP contribution in [0, 0.1) is 0 Å². The third-order valence-corrected chi connectivity index (χ3v) is 10.8. The summed E-state index contributed by atoms with van der Waals surface area (Å²) in [5.41, 5.74) is 14.1. The maximum atomic E-state index is 2.50. The predicted molar refractivity (Wildman–Crippen MR) is 223 cm³/mol. The average molecular weight is 676 g/mol. The van der Waals surface area contributed by atoms with Crippen LogP contribution in [0.25, 0.3) is 93.8 Å². The summed E-state index contributed by atoms with van der Waals surface area (Å²) in [5.74, 6) is 0. The van der Waals surface area contributed by atoms with Gasteiger partial charge in [-0.15, -0.1) is 0 Å². The van der Waals surface area contributed by atoms with E-state index in [9.17, 15) is 0 Å². The molecule has 0 N–H and O–H groups in total. The van der Waals surface area contributed by atoms with E-state index in [2.05, 4.69) is 214 Å². The number of rotatable bonds is 5. The van der Waals surface area contributed by atoms with Gasteiger partial charge in [-0.05, 0) is 65.2 Å². The first-order chi connectivity index (χ1) is 26.3. The van der Waals surface area contributed by atoms with Gasteiger partial charge in [0.15, 0.2) is 0 Å². The van der Waals surface area contributed by atoms with Gasteiger partial charge >= 0.3 is 0 Å². The lowest BCUT2D eigenvalue weighted by molar-refractivity contribution is 1.11. The standard InChI is InChI=1S/C50H33N3/c1-4-16-34(17-5-1)36-30-38(52-46-25-13-10-22-40(46)41-23-11-14-26-47(41)52)32-39(31-36)53-48-27-15-12-24-42(48)43-28-29-44-45(35-18-6-2-7-19-35)33-51(49(44)50(43)53)37-20-8-3-9-21-37/h1-33H. The Morgan fingerprint density at radius 2 is 0.755 bits per heavy atom. The zero-order chi connectivity index (χ0) is 34.9. The summed E-state index contributed by atoms with van der Waals surface area (Å²) < 4.78 is 7.33. The zero-order valence-corrected chi connectivity index (χ0v) is 28.9. The average Bonchev–Trinajstić information content (AvgIpc) is 3.90. The smallest absolute Gasteiger partial charge is 0.0788 e. The maximum Gasteiger partial charge on any atom is 0.0788 e. The molecule has 3 heteroatoms. The first kappa shape index (κ1) is 29.6. The number of hydrogen-bond acceptors (Lipinski definition) is 0. The third kappa shape index (κ3) is 4.54. The van der Waals surface area contributed by atoms with Gasteiger partial charge in [0, 0.05) is 55.8 Å². The van der Waals surface area contributed by atoms with Crippen LogP contribution in [0.15, 0.2) is 200 Å². The van der Waals surface area contributed by atoms with Gasteiger partial charge in [0.25, 0.3) is 0 Å². The summed E-state index contributed by atoms with van der Waals surface area (Å²) in [5, 5.41) is 6.19. The van der Waals surface area contributed by atoms with Crippen molar-refractivity contribution in [2.24, 2.45) is 0 Å². The molecule has 3 heterocycles. The second kappa shape index (κ2) is 11.7. The van der Waals surface area contributed by atoms with Crippen molar-refractivity contribution in [1.82, 2.24) is 13.7 Å². The van der Waals surface area contributed by atoms with Crippen molar-refractivity contribution in [3.05, 3.63) is 200 Å². The Balaban J connectivity index is 1.30. The fraction of sp³-hybridized carbons (Fsp3) is 0. The largest absolute Gasteiger partial charge is 0.314 e. The van der Waals surface area contributed by atoms with Gasteiger partial charge in [-0.3, -0.25) is 0 Å². The molecule has 248 valence electrons. The summed E-state index contributed by atoms with van der Waals surface area (Å²) in [4.78, 5) is 0. The van der Waals surface area contributed by atoms with Crippen LogP contribution in [0.3, 0.4) is 0 Å². The number of para-hydroxylation sites is 4. The van der Waals surface area contributed by atoms with Gasteiger partial charge in [0.2, 0.25) is 0 Å². The molecule has 0 unspecified atom stereocenters. The number of aromatic nitrogens is 3. The molecule has 0 bridgehead atoms. The number of fused-ring (bicyclic) bond motifs is 8. The number of nitrogens with zero attached hydrogens (tertiary/aromatic N) is 3. The van der Waals surface area contributed by atoms with Crippen molar-refractivity contribution >= 4 is 54.5 Å². The van der Waals surface area contributed by atoms with Gasteiger partial charge in [0.05, 0.1) is 27.6 Å². The topological polar surface area (TPSA) is 14.8 Å². The molecular formula is C50H33N3. The van der Waals surface area contributed by atoms with Crippen LogP contribution in [-0.4, -0.2) is 13.7 Å². The third-order valence-electron chi connectivity index (χ3n) is 10.8. The molecule has 53 heavy (non-hydrogen) atoms. The van der Waals surface area contributed by atoms with Gasteiger partial charge in [-0.2, -0.15) is 0 Å². The molecule has 3 nitrogen and oxygen atoms in total. The minimum absolute atomic E-state index is 1.11. The predicted octanol–water partition coefficient (Wildman–Crippen LogP) is 13.2. The minimum atomic E-state index is 1.11. The maximum absolute atomic E-state index is 2.50. The highest BCUT2D eigenvalue weighted by Gasteiger charge is 2.22. The lowest BCUT2D eigenvalue weighted by Crippen LogP contribution is -2.01. The molecule has 0 saturated heterocycles. The highest BCUT2D eigenvalue weighted by Crippen LogP contribution is 2.43. The van der Waals surface area contributed by atoms with E-state index in [0.717, 1.165) is 17.1 Å². The van der Waals surface area contributed by atoms with Gasteiger partial charge in [-0.1, -0.05) is 146 Å². The molecule has 8 aromatic carbocycles. The van der Waals surface area contributed by atoms with Gasteiger partial charge in [-0.25, -0.2) is 0 Å². The SMILES string of the molecule is c1ccc(-c2cc(-n3c4ccccc4c4ccccc43)cc(-n3c4ccccc4c4ccc5c(-c6ccccc6)cn(-c6ccccc6)c5c43)c2)cc1. The van der Waals surface area contributed by atoms with E-state index in [1.807, 2.05) is 0 Å². The molecule has 0 atom stereocenters. The van der Waals surface area contributed by atoms with Crippen molar-refractivity contribution < 1.29 is 0 Å². The van der Waals surface area contributed by atoms with Crippen LogP contribution in [0.1, 0.15) is 0 Å². The Morgan fingerprint density at radius 1 is 0.283 bits per heavy atom. The van der Waals surface area contributed by atoms with Crippen LogP contribution in [0.2, 0.25) is 0 Å². The molecule has 11 rings (SSSR count). The molecular weight excluding hydrogens is 643 g/mol. The van der Waals surface area contributed by atoms with Crippen LogP contribution < -0.4 is 0 Å². The Hall–Kier alpha value is -7.10. The minimum Gasteiger partial charge on any atom is -0.314 e. The summed E-state index contributed by atoms with van der Waals surface area (Å²) in [7, 11) is 0. The van der Waals surface area contributed by atoms with Crippen LogP contribution >= 0.6 is 0 Å². The molecule has 0 saturated carbocycles. The lowest BCUT2D eigenvalue weighted by Gasteiger charge is -2.17. The van der Waals surface area contributed by atoms with Crippen molar-refractivity contribution in [3.63, 3.8) is 0 Å². The monoisotopic (exact) mass is 675 g/mol. The molecule has 0 fully saturated rings. The first-order valence-electron chi connectivity index (χ1n) is 18.2. The second-order valence-electron chi connectivity index (χ2n) is 13.8. The Morgan fingerprint density at radius 3 is 1.38 bits per heavy atom. The second-order valence-corrected chi connectivity index (χ2v) is 13.8. The quantitative estimate of drug-likeness (QED) is 0.172. The van der Waals surface area contributed by atoms with E-state index >= 15 is 0 Å². The molecule has 0 aliphatic rings. The van der Waals surface area contributed by atoms with Crippen LogP contribution in [0.5, 0.6) is 0 Å². The lowest BCUT2D eigenvalue weighted by atomic mass is 10.0. The molecule has 0 amide bonds. The van der Waals surface area contributed by atoms with E-state index in [1.54, 1.807) is 0 Å².